The number of hydrogen-bond donors (Lipinski definition) is 0. The number of nitrogens with zero attached hydrogens (tertiary/aromatic N) is 3. The highest BCUT2D eigenvalue weighted by atomic mass is 16.5. The van der Waals surface area contributed by atoms with E-state index in [2.05, 4.69) is 5.10 Å². The predicted octanol–water partition coefficient (Wildman–Crippen LogP) is 3.93. The van der Waals surface area contributed by atoms with Crippen molar-refractivity contribution in [3.8, 4) is 16.9 Å². The number of methoxy groups -OCH3 is 2. The molecule has 136 valence electrons. The van der Waals surface area contributed by atoms with Crippen LogP contribution in [0.15, 0.2) is 24.4 Å². The number of ether oxygens (including phenoxy) is 2. The molecule has 26 heavy (non-hydrogen) atoms. The lowest BCUT2D eigenvalue weighted by Crippen LogP contribution is -2.05. The monoisotopic (exact) mass is 353 g/mol. The van der Waals surface area contributed by atoms with Crippen molar-refractivity contribution < 1.29 is 14.3 Å². The zero-order valence-corrected chi connectivity index (χ0v) is 16.0. The highest BCUT2D eigenvalue weighted by Crippen LogP contribution is 2.34. The van der Waals surface area contributed by atoms with Crippen molar-refractivity contribution in [3.63, 3.8) is 0 Å². The lowest BCUT2D eigenvalue weighted by molar-refractivity contribution is 0.0600. The molecule has 0 aliphatic carbocycles. The van der Waals surface area contributed by atoms with Crippen LogP contribution in [0.1, 0.15) is 47.1 Å². The van der Waals surface area contributed by atoms with Crippen LogP contribution in [0.5, 0.6) is 5.75 Å². The van der Waals surface area contributed by atoms with Crippen LogP contribution >= 0.6 is 0 Å². The summed E-state index contributed by atoms with van der Waals surface area (Å²) in [6.45, 7) is 8.12. The van der Waals surface area contributed by atoms with Crippen molar-refractivity contribution in [2.24, 2.45) is 0 Å². The molecule has 2 aromatic heterocycles. The van der Waals surface area contributed by atoms with Crippen LogP contribution in [0.25, 0.3) is 16.8 Å². The minimum Gasteiger partial charge on any atom is -0.497 e. The molecule has 0 spiro atoms. The minimum absolute atomic E-state index is 0.183. The van der Waals surface area contributed by atoms with Gasteiger partial charge in [-0.2, -0.15) is 5.10 Å². The zero-order chi connectivity index (χ0) is 19.0. The third-order valence-electron chi connectivity index (χ3n) is 4.40. The van der Waals surface area contributed by atoms with Gasteiger partial charge >= 0.3 is 5.97 Å². The first-order valence-electron chi connectivity index (χ1n) is 8.50. The first-order valence-corrected chi connectivity index (χ1v) is 8.50. The normalized spacial score (nSPS) is 11.2. The van der Waals surface area contributed by atoms with Gasteiger partial charge < -0.3 is 9.47 Å². The Bertz CT molecular complexity index is 966. The van der Waals surface area contributed by atoms with Crippen LogP contribution in [0, 0.1) is 13.8 Å². The molecule has 0 amide bonds. The molecule has 6 heteroatoms. The molecule has 6 nitrogen and oxygen atoms in total. The van der Waals surface area contributed by atoms with Crippen LogP contribution in [0.3, 0.4) is 0 Å². The molecule has 3 aromatic rings. The van der Waals surface area contributed by atoms with Gasteiger partial charge in [-0.1, -0.05) is 13.8 Å². The lowest BCUT2D eigenvalue weighted by Gasteiger charge is -2.14. The second kappa shape index (κ2) is 6.78. The number of carbonyl (C=O) groups excluding carboxylic acids is 1. The molecule has 2 heterocycles. The zero-order valence-electron chi connectivity index (χ0n) is 16.0. The Morgan fingerprint density at radius 2 is 1.77 bits per heavy atom. The first kappa shape index (κ1) is 17.9. The van der Waals surface area contributed by atoms with Crippen molar-refractivity contribution in [1.82, 2.24) is 14.6 Å². The molecule has 0 unspecified atom stereocenters. The molecule has 0 atom stereocenters. The Balaban J connectivity index is 2.35. The van der Waals surface area contributed by atoms with Gasteiger partial charge in [0.05, 0.1) is 19.8 Å². The van der Waals surface area contributed by atoms with E-state index in [-0.39, 0.29) is 5.92 Å². The second-order valence-corrected chi connectivity index (χ2v) is 6.66. The van der Waals surface area contributed by atoms with E-state index in [0.717, 1.165) is 39.5 Å². The van der Waals surface area contributed by atoms with Crippen molar-refractivity contribution in [3.05, 3.63) is 46.9 Å². The summed E-state index contributed by atoms with van der Waals surface area (Å²) in [5, 5.41) is 4.54. The number of aryl methyl sites for hydroxylation is 2. The molecule has 0 aliphatic rings. The average Bonchev–Trinajstić information content (AvgIpc) is 3.04. The summed E-state index contributed by atoms with van der Waals surface area (Å²) < 4.78 is 11.9. The van der Waals surface area contributed by atoms with E-state index in [1.807, 2.05) is 45.9 Å². The number of esters is 1. The van der Waals surface area contributed by atoms with Gasteiger partial charge in [-0.05, 0) is 48.7 Å². The Hall–Kier alpha value is -2.89. The van der Waals surface area contributed by atoms with E-state index in [4.69, 9.17) is 14.5 Å². The fourth-order valence-electron chi connectivity index (χ4n) is 3.13. The van der Waals surface area contributed by atoms with E-state index in [0.29, 0.717) is 5.56 Å². The van der Waals surface area contributed by atoms with Gasteiger partial charge in [-0.25, -0.2) is 14.3 Å². The van der Waals surface area contributed by atoms with Gasteiger partial charge in [0.2, 0.25) is 0 Å². The number of aromatic nitrogens is 3. The van der Waals surface area contributed by atoms with E-state index in [1.165, 1.54) is 7.11 Å². The summed E-state index contributed by atoms with van der Waals surface area (Å²) in [6, 6.07) is 5.77. The fraction of sp³-hybridized carbons (Fsp3) is 0.350. The van der Waals surface area contributed by atoms with Crippen molar-refractivity contribution in [2.75, 3.05) is 14.2 Å². The molecule has 0 N–H and O–H groups in total. The number of carbonyl (C=O) groups is 1. The minimum atomic E-state index is -0.404. The smallest absolute Gasteiger partial charge is 0.339 e. The molecule has 0 fully saturated rings. The summed E-state index contributed by atoms with van der Waals surface area (Å²) in [7, 11) is 3.02. The number of hydrogen-bond acceptors (Lipinski definition) is 5. The third-order valence-corrected chi connectivity index (χ3v) is 4.40. The second-order valence-electron chi connectivity index (χ2n) is 6.66. The van der Waals surface area contributed by atoms with E-state index < -0.39 is 5.97 Å². The van der Waals surface area contributed by atoms with Gasteiger partial charge in [-0.3, -0.25) is 0 Å². The summed E-state index contributed by atoms with van der Waals surface area (Å²) in [5.74, 6) is 1.31. The largest absolute Gasteiger partial charge is 0.497 e. The van der Waals surface area contributed by atoms with Gasteiger partial charge in [0, 0.05) is 17.7 Å². The van der Waals surface area contributed by atoms with Gasteiger partial charge in [0.1, 0.15) is 5.75 Å². The van der Waals surface area contributed by atoms with Crippen LogP contribution in [-0.4, -0.2) is 34.8 Å². The molecule has 0 bridgehead atoms. The fourth-order valence-corrected chi connectivity index (χ4v) is 3.13. The number of fused-ring (bicyclic) bond motifs is 1. The molecule has 0 saturated heterocycles. The topological polar surface area (TPSA) is 65.7 Å². The lowest BCUT2D eigenvalue weighted by atomic mass is 9.95. The molecule has 0 aliphatic heterocycles. The van der Waals surface area contributed by atoms with Crippen LogP contribution in [-0.2, 0) is 4.74 Å². The highest BCUT2D eigenvalue weighted by molar-refractivity contribution is 5.93. The number of rotatable bonds is 4. The van der Waals surface area contributed by atoms with E-state index in [1.54, 1.807) is 17.8 Å². The maximum atomic E-state index is 12.1. The molecule has 0 radical (unpaired) electrons. The summed E-state index contributed by atoms with van der Waals surface area (Å²) in [5.41, 5.74) is 5.11. The SMILES string of the molecule is COC(=O)c1cc(-c2c(C)cc(OC)cc2C)c2nc(C(C)C)nn2c1. The molecule has 3 rings (SSSR count). The van der Waals surface area contributed by atoms with Gasteiger partial charge in [0.25, 0.3) is 0 Å². The Labute approximate surface area is 152 Å². The Kier molecular flexibility index (Phi) is 4.68. The quantitative estimate of drug-likeness (QED) is 0.665. The maximum Gasteiger partial charge on any atom is 0.339 e. The maximum absolute atomic E-state index is 12.1. The van der Waals surface area contributed by atoms with E-state index >= 15 is 0 Å². The molecule has 1 aromatic carbocycles. The van der Waals surface area contributed by atoms with E-state index in [9.17, 15) is 4.79 Å². The number of pyridine rings is 1. The summed E-state index contributed by atoms with van der Waals surface area (Å²) in [4.78, 5) is 16.9. The first-order chi connectivity index (χ1) is 12.3. The average molecular weight is 353 g/mol. The van der Waals surface area contributed by atoms with Crippen molar-refractivity contribution in [2.45, 2.75) is 33.6 Å². The summed E-state index contributed by atoms with van der Waals surface area (Å²) in [6.07, 6.45) is 1.66. The Morgan fingerprint density at radius 1 is 1.12 bits per heavy atom. The van der Waals surface area contributed by atoms with Crippen LogP contribution in [0.2, 0.25) is 0 Å². The molecular weight excluding hydrogens is 330 g/mol. The van der Waals surface area contributed by atoms with Crippen LogP contribution < -0.4 is 4.74 Å². The van der Waals surface area contributed by atoms with Gasteiger partial charge in [-0.15, -0.1) is 0 Å². The summed E-state index contributed by atoms with van der Waals surface area (Å²) >= 11 is 0. The van der Waals surface area contributed by atoms with Crippen molar-refractivity contribution >= 4 is 11.6 Å². The standard InChI is InChI=1S/C20H23N3O3/c1-11(2)18-21-19-16(9-14(20(24)26-6)10-23(19)22-18)17-12(3)7-15(25-5)8-13(17)4/h7-11H,1-6H3. The molecule has 0 saturated carbocycles. The van der Waals surface area contributed by atoms with Crippen molar-refractivity contribution in [1.29, 1.82) is 0 Å². The predicted molar refractivity (Wildman–Crippen MR) is 99.9 cm³/mol. The number of benzene rings is 1. The molecular formula is C20H23N3O3. The third kappa shape index (κ3) is 3.03. The Morgan fingerprint density at radius 3 is 2.31 bits per heavy atom. The highest BCUT2D eigenvalue weighted by Gasteiger charge is 2.19. The van der Waals surface area contributed by atoms with Gasteiger partial charge in [0.15, 0.2) is 11.5 Å². The van der Waals surface area contributed by atoms with Crippen LogP contribution in [0.4, 0.5) is 0 Å².